The molecule has 1 heterocycles. The molecule has 0 fully saturated rings. The predicted octanol–water partition coefficient (Wildman–Crippen LogP) is 3.40. The molecule has 1 atom stereocenters. The maximum absolute atomic E-state index is 10.0. The summed E-state index contributed by atoms with van der Waals surface area (Å²) in [6.07, 6.45) is 5.03. The van der Waals surface area contributed by atoms with E-state index in [-0.39, 0.29) is 5.60 Å². The van der Waals surface area contributed by atoms with Crippen molar-refractivity contribution < 1.29 is 29.2 Å². The van der Waals surface area contributed by atoms with Gasteiger partial charge in [0.2, 0.25) is 0 Å². The molecule has 98 valence electrons. The van der Waals surface area contributed by atoms with E-state index in [0.717, 1.165) is 43.5 Å². The van der Waals surface area contributed by atoms with Crippen molar-refractivity contribution in [2.45, 2.75) is 45.6 Å². The van der Waals surface area contributed by atoms with Crippen LogP contribution in [-0.4, -0.2) is 14.8 Å². The fraction of sp³-hybridized carbons (Fsp3) is 0.533. The summed E-state index contributed by atoms with van der Waals surface area (Å²) in [5, 5.41) is 10.0. The minimum absolute atomic E-state index is 0.271. The first-order valence-corrected chi connectivity index (χ1v) is 7.85. The molecule has 0 radical (unpaired) electrons. The number of ether oxygens (including phenoxy) is 1. The van der Waals surface area contributed by atoms with Crippen LogP contribution in [0.25, 0.3) is 0 Å². The van der Waals surface area contributed by atoms with Crippen LogP contribution >= 0.6 is 0 Å². The van der Waals surface area contributed by atoms with Crippen LogP contribution in [0.5, 0.6) is 0 Å². The molecule has 1 unspecified atom stereocenters. The van der Waals surface area contributed by atoms with Gasteiger partial charge in [-0.3, -0.25) is 0 Å². The van der Waals surface area contributed by atoms with Crippen LogP contribution in [0.4, 0.5) is 0 Å². The van der Waals surface area contributed by atoms with Crippen molar-refractivity contribution in [3.05, 3.63) is 35.1 Å². The van der Waals surface area contributed by atoms with Gasteiger partial charge in [0, 0.05) is 0 Å². The van der Waals surface area contributed by atoms with Gasteiger partial charge in [-0.25, -0.2) is 0 Å². The van der Waals surface area contributed by atoms with Gasteiger partial charge >= 0.3 is 120 Å². The van der Waals surface area contributed by atoms with Gasteiger partial charge in [-0.2, -0.15) is 0 Å². The van der Waals surface area contributed by atoms with E-state index in [1.807, 2.05) is 0 Å². The molecule has 1 N–H and O–H groups in total. The Labute approximate surface area is 120 Å². The van der Waals surface area contributed by atoms with Crippen LogP contribution in [0.3, 0.4) is 0 Å². The standard InChI is InChI=1S/C15H20O2.W/c1-5-14-12(9-16)11-8-10(2)6-7-13(11)15(3,4)17-14;/h5,10,16H,1,6-8H2,2-4H3;. The molecule has 0 saturated heterocycles. The Bertz CT molecular complexity index is 469. The van der Waals surface area contributed by atoms with Crippen LogP contribution in [0.15, 0.2) is 35.1 Å². The van der Waals surface area contributed by atoms with E-state index in [0.29, 0.717) is 10.0 Å². The van der Waals surface area contributed by atoms with Gasteiger partial charge in [-0.05, 0) is 0 Å². The molecule has 0 aromatic heterocycles. The Morgan fingerprint density at radius 1 is 1.56 bits per heavy atom. The topological polar surface area (TPSA) is 29.5 Å². The second-order valence-corrected chi connectivity index (χ2v) is 7.06. The minimum atomic E-state index is -0.271. The Morgan fingerprint density at radius 2 is 2.22 bits per heavy atom. The summed E-state index contributed by atoms with van der Waals surface area (Å²) in [5.74, 6) is 1.41. The average molecular weight is 416 g/mol. The molecule has 2 aliphatic rings. The van der Waals surface area contributed by atoms with Crippen molar-refractivity contribution in [3.8, 4) is 0 Å². The molecule has 18 heavy (non-hydrogen) atoms. The van der Waals surface area contributed by atoms with Crippen molar-refractivity contribution in [1.82, 2.24) is 0 Å². The van der Waals surface area contributed by atoms with Gasteiger partial charge in [0.25, 0.3) is 0 Å². The summed E-state index contributed by atoms with van der Waals surface area (Å²) in [5.41, 5.74) is 3.29. The first-order valence-electron chi connectivity index (χ1n) is 6.38. The Morgan fingerprint density at radius 3 is 2.78 bits per heavy atom. The number of allylic oxidation sites excluding steroid dienone is 1. The maximum atomic E-state index is 10.0. The Hall–Kier alpha value is -0.462. The zero-order valence-electron chi connectivity index (χ0n) is 11.2. The number of hydrogen-bond acceptors (Lipinski definition) is 2. The van der Waals surface area contributed by atoms with Gasteiger partial charge in [0.05, 0.1) is 0 Å². The van der Waals surface area contributed by atoms with Crippen molar-refractivity contribution >= 4 is 4.08 Å². The van der Waals surface area contributed by atoms with E-state index < -0.39 is 0 Å². The van der Waals surface area contributed by atoms with Gasteiger partial charge in [-0.1, -0.05) is 0 Å². The summed E-state index contributed by atoms with van der Waals surface area (Å²) in [4.78, 5) is 0. The zero-order chi connectivity index (χ0) is 13.5. The first-order chi connectivity index (χ1) is 8.36. The SMILES string of the molecule is C=CC1=C([C](O)=[W])C2=C(CCC(C)C2)C(C)(C)O1. The van der Waals surface area contributed by atoms with Crippen molar-refractivity contribution in [1.29, 1.82) is 0 Å². The summed E-state index contributed by atoms with van der Waals surface area (Å²) >= 11 is 1.08. The van der Waals surface area contributed by atoms with Gasteiger partial charge in [-0.15, -0.1) is 0 Å². The normalized spacial score (nSPS) is 26.6. The summed E-state index contributed by atoms with van der Waals surface area (Å²) in [7, 11) is 0. The van der Waals surface area contributed by atoms with Crippen molar-refractivity contribution in [2.24, 2.45) is 5.92 Å². The quantitative estimate of drug-likeness (QED) is 0.748. The molecule has 0 bridgehead atoms. The average Bonchev–Trinajstić information content (AvgIpc) is 2.26. The van der Waals surface area contributed by atoms with Crippen LogP contribution in [-0.2, 0) is 24.1 Å². The molecule has 0 saturated carbocycles. The van der Waals surface area contributed by atoms with E-state index in [1.54, 1.807) is 6.08 Å². The van der Waals surface area contributed by atoms with Gasteiger partial charge < -0.3 is 0 Å². The summed E-state index contributed by atoms with van der Waals surface area (Å²) < 4.78 is 6.46. The molecule has 0 aromatic carbocycles. The zero-order valence-corrected chi connectivity index (χ0v) is 14.2. The van der Waals surface area contributed by atoms with Crippen LogP contribution in [0, 0.1) is 5.92 Å². The van der Waals surface area contributed by atoms with Crippen molar-refractivity contribution in [3.63, 3.8) is 0 Å². The third-order valence-corrected chi connectivity index (χ3v) is 4.58. The van der Waals surface area contributed by atoms with Crippen molar-refractivity contribution in [2.75, 3.05) is 0 Å². The Balaban J connectivity index is 2.61. The third-order valence-electron chi connectivity index (χ3n) is 3.84. The van der Waals surface area contributed by atoms with E-state index in [2.05, 4.69) is 27.4 Å². The fourth-order valence-corrected chi connectivity index (χ4v) is 3.75. The third kappa shape index (κ3) is 2.33. The summed E-state index contributed by atoms with van der Waals surface area (Å²) in [6.45, 7) is 10.3. The molecule has 1 aliphatic heterocycles. The molecule has 0 amide bonds. The fourth-order valence-electron chi connectivity index (χ4n) is 2.95. The first kappa shape index (κ1) is 14.0. The van der Waals surface area contributed by atoms with Gasteiger partial charge in [0.15, 0.2) is 0 Å². The van der Waals surface area contributed by atoms with Gasteiger partial charge in [0.1, 0.15) is 0 Å². The predicted molar refractivity (Wildman–Crippen MR) is 69.4 cm³/mol. The number of rotatable bonds is 2. The molecule has 0 spiro atoms. The number of aliphatic hydroxyl groups is 1. The molecular weight excluding hydrogens is 396 g/mol. The number of aliphatic hydroxyl groups excluding tert-OH is 1. The molecule has 1 aliphatic carbocycles. The molecule has 2 rings (SSSR count). The Kier molecular flexibility index (Phi) is 3.80. The van der Waals surface area contributed by atoms with Crippen LogP contribution < -0.4 is 0 Å². The molecular formula is C15H20O2W. The summed E-state index contributed by atoms with van der Waals surface area (Å²) in [6, 6.07) is 0. The van der Waals surface area contributed by atoms with E-state index in [4.69, 9.17) is 4.74 Å². The second kappa shape index (κ2) is 4.90. The molecule has 0 aromatic rings. The van der Waals surface area contributed by atoms with E-state index in [1.165, 1.54) is 17.6 Å². The number of hydrogen-bond donors (Lipinski definition) is 1. The monoisotopic (exact) mass is 416 g/mol. The van der Waals surface area contributed by atoms with Crippen LogP contribution in [0.2, 0.25) is 0 Å². The second-order valence-electron chi connectivity index (χ2n) is 5.67. The van der Waals surface area contributed by atoms with E-state index >= 15 is 0 Å². The van der Waals surface area contributed by atoms with E-state index in [9.17, 15) is 5.11 Å². The molecule has 3 heteroatoms. The molecule has 2 nitrogen and oxygen atoms in total. The van der Waals surface area contributed by atoms with Crippen LogP contribution in [0.1, 0.15) is 40.0 Å².